The summed E-state index contributed by atoms with van der Waals surface area (Å²) in [7, 11) is 0. The molecular formula is C13H9F3N4. The van der Waals surface area contributed by atoms with Gasteiger partial charge in [0.2, 0.25) is 0 Å². The van der Waals surface area contributed by atoms with Gasteiger partial charge in [-0.3, -0.25) is 0 Å². The van der Waals surface area contributed by atoms with Crippen LogP contribution in [-0.4, -0.2) is 19.6 Å². The van der Waals surface area contributed by atoms with Crippen LogP contribution in [-0.2, 0) is 0 Å². The van der Waals surface area contributed by atoms with Gasteiger partial charge in [-0.15, -0.1) is 0 Å². The predicted molar refractivity (Wildman–Crippen MR) is 65.6 cm³/mol. The lowest BCUT2D eigenvalue weighted by Crippen LogP contribution is -2.05. The number of hydrogen-bond acceptors (Lipinski definition) is 3. The van der Waals surface area contributed by atoms with E-state index in [1.165, 1.54) is 10.8 Å². The highest BCUT2D eigenvalue weighted by atomic mass is 19.2. The van der Waals surface area contributed by atoms with Crippen molar-refractivity contribution in [3.05, 3.63) is 47.3 Å². The molecule has 102 valence electrons. The largest absolute Gasteiger partial charge is 0.252 e. The van der Waals surface area contributed by atoms with E-state index >= 15 is 0 Å². The second-order valence-corrected chi connectivity index (χ2v) is 4.35. The molecule has 0 aliphatic rings. The molecule has 0 unspecified atom stereocenters. The maximum Gasteiger partial charge on any atom is 0.252 e. The monoisotopic (exact) mass is 278 g/mol. The lowest BCUT2D eigenvalue weighted by Gasteiger charge is -2.12. The van der Waals surface area contributed by atoms with Gasteiger partial charge >= 0.3 is 0 Å². The zero-order valence-corrected chi connectivity index (χ0v) is 10.7. The quantitative estimate of drug-likeness (QED) is 0.643. The molecule has 0 radical (unpaired) electrons. The summed E-state index contributed by atoms with van der Waals surface area (Å²) in [5.41, 5.74) is 0.530. The van der Waals surface area contributed by atoms with Gasteiger partial charge in [0.15, 0.2) is 11.6 Å². The van der Waals surface area contributed by atoms with E-state index in [-0.39, 0.29) is 5.56 Å². The second-order valence-electron chi connectivity index (χ2n) is 4.35. The Balaban J connectivity index is 2.43. The van der Waals surface area contributed by atoms with Crippen LogP contribution in [0, 0.1) is 31.3 Å². The van der Waals surface area contributed by atoms with E-state index in [4.69, 9.17) is 0 Å². The number of fused-ring (bicyclic) bond motifs is 1. The fourth-order valence-corrected chi connectivity index (χ4v) is 2.24. The van der Waals surface area contributed by atoms with Crippen molar-refractivity contribution >= 4 is 5.78 Å². The lowest BCUT2D eigenvalue weighted by atomic mass is 10.0. The van der Waals surface area contributed by atoms with Gasteiger partial charge in [0, 0.05) is 5.56 Å². The normalized spacial score (nSPS) is 11.2. The third-order valence-corrected chi connectivity index (χ3v) is 3.13. The van der Waals surface area contributed by atoms with E-state index < -0.39 is 23.0 Å². The first-order valence-electron chi connectivity index (χ1n) is 5.81. The highest BCUT2D eigenvalue weighted by Crippen LogP contribution is 2.32. The number of halogens is 3. The molecule has 2 aromatic heterocycles. The molecule has 3 aromatic rings. The van der Waals surface area contributed by atoms with E-state index in [9.17, 15) is 13.2 Å². The van der Waals surface area contributed by atoms with Crippen LogP contribution in [0.25, 0.3) is 16.9 Å². The Bertz CT molecular complexity index is 826. The van der Waals surface area contributed by atoms with Crippen molar-refractivity contribution in [2.45, 2.75) is 13.8 Å². The van der Waals surface area contributed by atoms with Crippen LogP contribution >= 0.6 is 0 Å². The summed E-state index contributed by atoms with van der Waals surface area (Å²) in [6.45, 7) is 3.20. The third kappa shape index (κ3) is 1.66. The second kappa shape index (κ2) is 4.29. The van der Waals surface area contributed by atoms with Crippen molar-refractivity contribution in [3.63, 3.8) is 0 Å². The highest BCUT2D eigenvalue weighted by Gasteiger charge is 2.21. The molecule has 0 fully saturated rings. The molecule has 0 saturated carbocycles. The van der Waals surface area contributed by atoms with E-state index in [1.54, 1.807) is 13.8 Å². The Morgan fingerprint density at radius 2 is 1.70 bits per heavy atom. The molecule has 4 nitrogen and oxygen atoms in total. The van der Waals surface area contributed by atoms with Crippen LogP contribution in [0.2, 0.25) is 0 Å². The van der Waals surface area contributed by atoms with Crippen LogP contribution in [0.3, 0.4) is 0 Å². The Labute approximate surface area is 111 Å². The molecule has 7 heteroatoms. The molecule has 20 heavy (non-hydrogen) atoms. The zero-order valence-electron chi connectivity index (χ0n) is 10.7. The summed E-state index contributed by atoms with van der Waals surface area (Å²) in [5.74, 6) is -2.88. The molecule has 3 rings (SSSR count). The van der Waals surface area contributed by atoms with Gasteiger partial charge in [-0.05, 0) is 26.0 Å². The fraction of sp³-hybridized carbons (Fsp3) is 0.154. The minimum Gasteiger partial charge on any atom is -0.216 e. The molecule has 0 amide bonds. The molecule has 0 aliphatic heterocycles. The van der Waals surface area contributed by atoms with Crippen molar-refractivity contribution in [1.29, 1.82) is 0 Å². The topological polar surface area (TPSA) is 43.1 Å². The maximum atomic E-state index is 13.9. The molecule has 0 bridgehead atoms. The molecular weight excluding hydrogens is 269 g/mol. The van der Waals surface area contributed by atoms with Crippen molar-refractivity contribution in [3.8, 4) is 11.1 Å². The van der Waals surface area contributed by atoms with Crippen molar-refractivity contribution in [1.82, 2.24) is 19.6 Å². The van der Waals surface area contributed by atoms with Crippen molar-refractivity contribution in [2.24, 2.45) is 0 Å². The first-order chi connectivity index (χ1) is 9.50. The first kappa shape index (κ1) is 12.6. The molecule has 0 aliphatic carbocycles. The Morgan fingerprint density at radius 1 is 1.00 bits per heavy atom. The number of nitrogens with zero attached hydrogens (tertiary/aromatic N) is 4. The van der Waals surface area contributed by atoms with Gasteiger partial charge in [-0.25, -0.2) is 22.7 Å². The molecule has 0 saturated heterocycles. The molecule has 0 N–H and O–H groups in total. The number of aryl methyl sites for hydroxylation is 2. The van der Waals surface area contributed by atoms with Crippen LogP contribution in [0.15, 0.2) is 18.5 Å². The smallest absolute Gasteiger partial charge is 0.216 e. The Hall–Kier alpha value is -2.44. The van der Waals surface area contributed by atoms with Crippen LogP contribution < -0.4 is 0 Å². The molecule has 0 atom stereocenters. The van der Waals surface area contributed by atoms with Crippen LogP contribution in [0.1, 0.15) is 11.4 Å². The Morgan fingerprint density at radius 3 is 2.45 bits per heavy atom. The van der Waals surface area contributed by atoms with E-state index in [0.29, 0.717) is 17.2 Å². The average molecular weight is 278 g/mol. The zero-order chi connectivity index (χ0) is 14.4. The maximum absolute atomic E-state index is 13.9. The minimum atomic E-state index is -1.24. The standard InChI is InChI=1S/C13H9F3N4/c1-6-10(7(2)20-13(19-6)17-5-18-20)11-8(14)3-4-9(15)12(11)16/h3-5H,1-2H3. The van der Waals surface area contributed by atoms with Crippen LogP contribution in [0.5, 0.6) is 0 Å². The first-order valence-corrected chi connectivity index (χ1v) is 5.81. The summed E-state index contributed by atoms with van der Waals surface area (Å²) in [6, 6.07) is 1.64. The summed E-state index contributed by atoms with van der Waals surface area (Å²) in [6.07, 6.45) is 1.29. The van der Waals surface area contributed by atoms with Gasteiger partial charge in [0.25, 0.3) is 5.78 Å². The van der Waals surface area contributed by atoms with Gasteiger partial charge in [0.05, 0.1) is 17.0 Å². The van der Waals surface area contributed by atoms with Crippen molar-refractivity contribution in [2.75, 3.05) is 0 Å². The summed E-state index contributed by atoms with van der Waals surface area (Å²) in [5, 5.41) is 3.93. The third-order valence-electron chi connectivity index (χ3n) is 3.13. The van der Waals surface area contributed by atoms with Gasteiger partial charge < -0.3 is 0 Å². The predicted octanol–water partition coefficient (Wildman–Crippen LogP) is 2.83. The van der Waals surface area contributed by atoms with Gasteiger partial charge in [0.1, 0.15) is 12.1 Å². The van der Waals surface area contributed by atoms with Crippen LogP contribution in [0.4, 0.5) is 13.2 Å². The number of aromatic nitrogens is 4. The lowest BCUT2D eigenvalue weighted by molar-refractivity contribution is 0.498. The SMILES string of the molecule is Cc1nc2ncnn2c(C)c1-c1c(F)ccc(F)c1F. The molecule has 2 heterocycles. The summed E-state index contributed by atoms with van der Waals surface area (Å²) >= 11 is 0. The molecule has 0 spiro atoms. The van der Waals surface area contributed by atoms with Gasteiger partial charge in [-0.2, -0.15) is 10.1 Å². The van der Waals surface area contributed by atoms with Crippen molar-refractivity contribution < 1.29 is 13.2 Å². The summed E-state index contributed by atoms with van der Waals surface area (Å²) in [4.78, 5) is 8.04. The highest BCUT2D eigenvalue weighted by molar-refractivity contribution is 5.70. The number of benzene rings is 1. The van der Waals surface area contributed by atoms with E-state index in [1.807, 2.05) is 0 Å². The molecule has 1 aromatic carbocycles. The fourth-order valence-electron chi connectivity index (χ4n) is 2.24. The van der Waals surface area contributed by atoms with Gasteiger partial charge in [-0.1, -0.05) is 0 Å². The van der Waals surface area contributed by atoms with E-state index in [0.717, 1.165) is 12.1 Å². The number of rotatable bonds is 1. The minimum absolute atomic E-state index is 0.178. The Kier molecular flexibility index (Phi) is 2.70. The summed E-state index contributed by atoms with van der Waals surface area (Å²) < 4.78 is 42.6. The average Bonchev–Trinajstić information content (AvgIpc) is 2.86. The van der Waals surface area contributed by atoms with E-state index in [2.05, 4.69) is 15.1 Å². The number of hydrogen-bond donors (Lipinski definition) is 0.